The number of hydrogen-bond acceptors (Lipinski definition) is 7. The lowest BCUT2D eigenvalue weighted by atomic mass is 9.90. The van der Waals surface area contributed by atoms with E-state index in [1.807, 2.05) is 11.0 Å². The summed E-state index contributed by atoms with van der Waals surface area (Å²) in [6.45, 7) is 8.03. The summed E-state index contributed by atoms with van der Waals surface area (Å²) in [7, 11) is 0. The lowest BCUT2D eigenvalue weighted by molar-refractivity contribution is -0.383. The van der Waals surface area contributed by atoms with Crippen LogP contribution >= 0.6 is 0 Å². The molecule has 0 saturated carbocycles. The molecule has 2 aliphatic heterocycles. The monoisotopic (exact) mass is 410 g/mol. The van der Waals surface area contributed by atoms with Gasteiger partial charge in [-0.1, -0.05) is 37.3 Å². The van der Waals surface area contributed by atoms with Crippen molar-refractivity contribution in [2.45, 2.75) is 26.2 Å². The fraction of sp³-hybridized carbons (Fsp3) is 0.545. The maximum atomic E-state index is 12.0. The van der Waals surface area contributed by atoms with Gasteiger partial charge in [-0.25, -0.2) is 9.97 Å². The minimum absolute atomic E-state index is 0.0592. The normalized spacial score (nSPS) is 18.6. The summed E-state index contributed by atoms with van der Waals surface area (Å²) in [5, 5.41) is 12.0. The van der Waals surface area contributed by atoms with Crippen molar-refractivity contribution in [1.29, 1.82) is 0 Å². The second-order valence-corrected chi connectivity index (χ2v) is 8.17. The second kappa shape index (κ2) is 9.38. The number of piperidine rings is 1. The number of rotatable bonds is 6. The first kappa shape index (κ1) is 20.5. The number of aromatic nitrogens is 2. The Kier molecular flexibility index (Phi) is 6.42. The van der Waals surface area contributed by atoms with E-state index in [-0.39, 0.29) is 10.6 Å². The molecule has 8 heteroatoms. The highest BCUT2D eigenvalue weighted by Crippen LogP contribution is 2.36. The molecule has 0 aliphatic carbocycles. The maximum absolute atomic E-state index is 12.0. The first-order valence-electron chi connectivity index (χ1n) is 10.9. The van der Waals surface area contributed by atoms with Crippen LogP contribution in [0, 0.1) is 16.0 Å². The number of likely N-dealkylation sites (N-methyl/N-ethyl adjacent to an activating group) is 1. The summed E-state index contributed by atoms with van der Waals surface area (Å²) in [6.07, 6.45) is 4.58. The molecule has 0 spiro atoms. The average Bonchev–Trinajstić information content (AvgIpc) is 2.80. The Bertz CT molecular complexity index is 846. The molecule has 8 nitrogen and oxygen atoms in total. The first-order valence-corrected chi connectivity index (χ1v) is 10.9. The number of anilines is 2. The Morgan fingerprint density at radius 3 is 2.13 bits per heavy atom. The van der Waals surface area contributed by atoms with Crippen LogP contribution in [0.15, 0.2) is 36.7 Å². The van der Waals surface area contributed by atoms with Crippen molar-refractivity contribution in [2.24, 2.45) is 5.92 Å². The van der Waals surface area contributed by atoms with Crippen LogP contribution in [0.4, 0.5) is 17.3 Å². The van der Waals surface area contributed by atoms with Gasteiger partial charge in [-0.05, 0) is 37.3 Å². The summed E-state index contributed by atoms with van der Waals surface area (Å²) in [4.78, 5) is 26.9. The van der Waals surface area contributed by atoms with Crippen molar-refractivity contribution >= 4 is 17.3 Å². The van der Waals surface area contributed by atoms with E-state index in [4.69, 9.17) is 0 Å². The predicted molar refractivity (Wildman–Crippen MR) is 118 cm³/mol. The number of nitrogens with zero attached hydrogens (tertiary/aromatic N) is 6. The topological polar surface area (TPSA) is 78.6 Å². The molecular formula is C22H30N6O2. The van der Waals surface area contributed by atoms with E-state index in [2.05, 4.69) is 51.0 Å². The van der Waals surface area contributed by atoms with Crippen molar-refractivity contribution in [3.8, 4) is 0 Å². The molecule has 0 amide bonds. The summed E-state index contributed by atoms with van der Waals surface area (Å²) in [6, 6.07) is 10.5. The van der Waals surface area contributed by atoms with Crippen molar-refractivity contribution in [1.82, 2.24) is 14.9 Å². The van der Waals surface area contributed by atoms with Crippen LogP contribution in [0.1, 0.15) is 25.3 Å². The van der Waals surface area contributed by atoms with Crippen molar-refractivity contribution < 1.29 is 4.92 Å². The van der Waals surface area contributed by atoms with E-state index in [1.165, 1.54) is 11.9 Å². The molecule has 0 atom stereocenters. The lowest BCUT2D eigenvalue weighted by Crippen LogP contribution is -2.46. The van der Waals surface area contributed by atoms with Gasteiger partial charge in [-0.15, -0.1) is 0 Å². The molecule has 160 valence electrons. The molecule has 2 saturated heterocycles. The minimum atomic E-state index is -0.299. The maximum Gasteiger partial charge on any atom is 0.353 e. The van der Waals surface area contributed by atoms with Crippen molar-refractivity contribution in [3.63, 3.8) is 0 Å². The Morgan fingerprint density at radius 2 is 1.57 bits per heavy atom. The third kappa shape index (κ3) is 4.53. The summed E-state index contributed by atoms with van der Waals surface area (Å²) in [5.74, 6) is 1.54. The van der Waals surface area contributed by atoms with Gasteiger partial charge in [0.2, 0.25) is 11.6 Å². The SMILES string of the molecule is CCN1CCN(c2ncnc(N3CCC(Cc4ccccc4)CC3)c2[N+](=O)[O-])CC1. The van der Waals surface area contributed by atoms with Gasteiger partial charge in [0.25, 0.3) is 0 Å². The quantitative estimate of drug-likeness (QED) is 0.535. The highest BCUT2D eigenvalue weighted by atomic mass is 16.6. The zero-order valence-electron chi connectivity index (χ0n) is 17.6. The summed E-state index contributed by atoms with van der Waals surface area (Å²) >= 11 is 0. The van der Waals surface area contributed by atoms with Gasteiger partial charge in [-0.3, -0.25) is 10.1 Å². The van der Waals surface area contributed by atoms with Crippen LogP contribution in [0.5, 0.6) is 0 Å². The average molecular weight is 411 g/mol. The molecule has 4 rings (SSSR count). The molecule has 1 aromatic carbocycles. The van der Waals surface area contributed by atoms with Crippen LogP contribution in [0.25, 0.3) is 0 Å². The number of nitro groups is 1. The second-order valence-electron chi connectivity index (χ2n) is 8.17. The molecule has 2 aliphatic rings. The molecule has 2 aromatic rings. The zero-order valence-corrected chi connectivity index (χ0v) is 17.6. The van der Waals surface area contributed by atoms with Gasteiger partial charge in [0.05, 0.1) is 4.92 Å². The predicted octanol–water partition coefficient (Wildman–Crippen LogP) is 2.99. The van der Waals surface area contributed by atoms with E-state index >= 15 is 0 Å². The van der Waals surface area contributed by atoms with Gasteiger partial charge in [0.1, 0.15) is 6.33 Å². The Balaban J connectivity index is 1.47. The Labute approximate surface area is 177 Å². The van der Waals surface area contributed by atoms with Crippen LogP contribution in [0.2, 0.25) is 0 Å². The van der Waals surface area contributed by atoms with E-state index in [9.17, 15) is 10.1 Å². The van der Waals surface area contributed by atoms with Gasteiger partial charge in [-0.2, -0.15) is 0 Å². The van der Waals surface area contributed by atoms with Gasteiger partial charge < -0.3 is 14.7 Å². The van der Waals surface area contributed by atoms with E-state index in [1.54, 1.807) is 0 Å². The first-order chi connectivity index (χ1) is 14.7. The third-order valence-electron chi connectivity index (χ3n) is 6.37. The smallest absolute Gasteiger partial charge is 0.351 e. The molecule has 0 unspecified atom stereocenters. The van der Waals surface area contributed by atoms with Crippen LogP contribution in [0.3, 0.4) is 0 Å². The molecule has 2 fully saturated rings. The van der Waals surface area contributed by atoms with Gasteiger partial charge in [0, 0.05) is 39.3 Å². The lowest BCUT2D eigenvalue weighted by Gasteiger charge is -2.35. The standard InChI is InChI=1S/C22H30N6O2/c1-2-25-12-14-27(15-13-25)22-20(28(29)30)21(23-17-24-22)26-10-8-19(9-11-26)16-18-6-4-3-5-7-18/h3-7,17,19H,2,8-16H2,1H3. The van der Waals surface area contributed by atoms with Crippen LogP contribution in [-0.2, 0) is 6.42 Å². The molecule has 0 bridgehead atoms. The van der Waals surface area contributed by atoms with Crippen molar-refractivity contribution in [2.75, 3.05) is 55.6 Å². The van der Waals surface area contributed by atoms with Gasteiger partial charge in [0.15, 0.2) is 0 Å². The zero-order chi connectivity index (χ0) is 20.9. The summed E-state index contributed by atoms with van der Waals surface area (Å²) < 4.78 is 0. The largest absolute Gasteiger partial charge is 0.353 e. The molecule has 1 aromatic heterocycles. The fourth-order valence-electron chi connectivity index (χ4n) is 4.56. The van der Waals surface area contributed by atoms with E-state index < -0.39 is 0 Å². The number of piperazine rings is 1. The number of hydrogen-bond donors (Lipinski definition) is 0. The fourth-order valence-corrected chi connectivity index (χ4v) is 4.56. The summed E-state index contributed by atoms with van der Waals surface area (Å²) in [5.41, 5.74) is 1.42. The molecule has 3 heterocycles. The number of benzene rings is 1. The van der Waals surface area contributed by atoms with Crippen LogP contribution < -0.4 is 9.80 Å². The molecule has 0 radical (unpaired) electrons. The molecular weight excluding hydrogens is 380 g/mol. The van der Waals surface area contributed by atoms with Gasteiger partial charge >= 0.3 is 5.69 Å². The molecule has 0 N–H and O–H groups in total. The molecule has 30 heavy (non-hydrogen) atoms. The highest BCUT2D eigenvalue weighted by molar-refractivity contribution is 5.71. The third-order valence-corrected chi connectivity index (χ3v) is 6.37. The van der Waals surface area contributed by atoms with E-state index in [0.29, 0.717) is 17.6 Å². The van der Waals surface area contributed by atoms with Crippen molar-refractivity contribution in [3.05, 3.63) is 52.3 Å². The Morgan fingerprint density at radius 1 is 0.967 bits per heavy atom. The minimum Gasteiger partial charge on any atom is -0.351 e. The highest BCUT2D eigenvalue weighted by Gasteiger charge is 2.33. The van der Waals surface area contributed by atoms with E-state index in [0.717, 1.165) is 65.1 Å². The Hall–Kier alpha value is -2.74. The van der Waals surface area contributed by atoms with Crippen LogP contribution in [-0.4, -0.2) is 65.6 Å².